The Morgan fingerprint density at radius 2 is 1.87 bits per heavy atom. The van der Waals surface area contributed by atoms with E-state index in [2.05, 4.69) is 27.1 Å². The Kier molecular flexibility index (Phi) is 6.59. The Bertz CT molecular complexity index is 1580. The minimum Gasteiger partial charge on any atom is -0.393 e. The van der Waals surface area contributed by atoms with E-state index in [-0.39, 0.29) is 22.2 Å². The van der Waals surface area contributed by atoms with Crippen molar-refractivity contribution < 1.29 is 17.9 Å². The number of halogens is 1. The molecule has 6 rings (SSSR count). The summed E-state index contributed by atoms with van der Waals surface area (Å²) in [5, 5.41) is 16.1. The van der Waals surface area contributed by atoms with Crippen molar-refractivity contribution in [2.75, 3.05) is 26.2 Å². The molecule has 0 amide bonds. The SMILES string of the molecule is Cc1ncc(S(=O)(=O)N2CCN(CC3CC(O)C3)[C@@H](c3cc4cnn(-c5ccc(F)cc5)c4cc3C)C2)s1. The normalized spacial score (nSPS) is 23.1. The van der Waals surface area contributed by atoms with Gasteiger partial charge < -0.3 is 5.11 Å². The van der Waals surface area contributed by atoms with E-state index in [1.807, 2.05) is 13.8 Å². The van der Waals surface area contributed by atoms with Crippen LogP contribution in [0.4, 0.5) is 4.39 Å². The van der Waals surface area contributed by atoms with Crippen molar-refractivity contribution in [3.05, 3.63) is 70.7 Å². The van der Waals surface area contributed by atoms with Gasteiger partial charge in [-0.1, -0.05) is 0 Å². The van der Waals surface area contributed by atoms with E-state index in [9.17, 15) is 17.9 Å². The molecular formula is C27H30FN5O3S2. The molecule has 1 N–H and O–H groups in total. The second kappa shape index (κ2) is 9.80. The summed E-state index contributed by atoms with van der Waals surface area (Å²) in [4.78, 5) is 6.54. The molecule has 4 aromatic rings. The Labute approximate surface area is 225 Å². The molecule has 11 heteroatoms. The summed E-state index contributed by atoms with van der Waals surface area (Å²) in [7, 11) is -3.65. The summed E-state index contributed by atoms with van der Waals surface area (Å²) in [5.74, 6) is 0.109. The molecule has 1 saturated heterocycles. The van der Waals surface area contributed by atoms with E-state index in [4.69, 9.17) is 0 Å². The maximum Gasteiger partial charge on any atom is 0.254 e. The van der Waals surface area contributed by atoms with Crippen LogP contribution in [0.3, 0.4) is 0 Å². The number of aryl methyl sites for hydroxylation is 2. The lowest BCUT2D eigenvalue weighted by atomic mass is 9.81. The highest BCUT2D eigenvalue weighted by molar-refractivity contribution is 7.91. The van der Waals surface area contributed by atoms with Gasteiger partial charge in [-0.15, -0.1) is 11.3 Å². The first-order valence-corrected chi connectivity index (χ1v) is 15.0. The Hall–Kier alpha value is -2.70. The zero-order valence-electron chi connectivity index (χ0n) is 21.3. The number of thiazole rings is 1. The van der Waals surface area contributed by atoms with Crippen LogP contribution in [0.2, 0.25) is 0 Å². The van der Waals surface area contributed by atoms with Crippen LogP contribution >= 0.6 is 11.3 Å². The van der Waals surface area contributed by atoms with Crippen LogP contribution in [0.15, 0.2) is 53.0 Å². The average Bonchev–Trinajstić information content (AvgIpc) is 3.50. The second-order valence-corrected chi connectivity index (χ2v) is 13.8. The third kappa shape index (κ3) is 4.66. The number of aliphatic hydroxyl groups excluding tert-OH is 1. The van der Waals surface area contributed by atoms with E-state index >= 15 is 0 Å². The first-order chi connectivity index (χ1) is 18.2. The van der Waals surface area contributed by atoms with Gasteiger partial charge in [-0.05, 0) is 80.1 Å². The van der Waals surface area contributed by atoms with Crippen LogP contribution in [0, 0.1) is 25.6 Å². The first kappa shape index (κ1) is 25.6. The fraction of sp³-hybridized carbons (Fsp3) is 0.407. The van der Waals surface area contributed by atoms with E-state index in [1.165, 1.54) is 29.7 Å². The van der Waals surface area contributed by atoms with Gasteiger partial charge >= 0.3 is 0 Å². The smallest absolute Gasteiger partial charge is 0.254 e. The summed E-state index contributed by atoms with van der Waals surface area (Å²) >= 11 is 1.20. The number of hydrogen-bond acceptors (Lipinski definition) is 7. The fourth-order valence-corrected chi connectivity index (χ4v) is 8.34. The zero-order valence-corrected chi connectivity index (χ0v) is 22.9. The highest BCUT2D eigenvalue weighted by Gasteiger charge is 2.39. The van der Waals surface area contributed by atoms with Gasteiger partial charge in [0.25, 0.3) is 10.0 Å². The molecule has 2 aromatic heterocycles. The average molecular weight is 556 g/mol. The number of rotatable bonds is 6. The molecule has 1 saturated carbocycles. The number of nitrogens with zero attached hydrogens (tertiary/aromatic N) is 5. The van der Waals surface area contributed by atoms with Gasteiger partial charge in [-0.2, -0.15) is 9.40 Å². The topological polar surface area (TPSA) is 91.6 Å². The van der Waals surface area contributed by atoms with E-state index in [0.29, 0.717) is 25.6 Å². The molecule has 0 bridgehead atoms. The lowest BCUT2D eigenvalue weighted by Gasteiger charge is -2.44. The summed E-state index contributed by atoms with van der Waals surface area (Å²) in [6, 6.07) is 10.3. The number of benzene rings is 2. The van der Waals surface area contributed by atoms with Gasteiger partial charge in [0.15, 0.2) is 4.21 Å². The first-order valence-electron chi connectivity index (χ1n) is 12.8. The van der Waals surface area contributed by atoms with E-state index < -0.39 is 10.0 Å². The zero-order chi connectivity index (χ0) is 26.6. The third-order valence-corrected chi connectivity index (χ3v) is 11.0. The monoisotopic (exact) mass is 555 g/mol. The number of fused-ring (bicyclic) bond motifs is 1. The molecule has 38 heavy (non-hydrogen) atoms. The van der Waals surface area contributed by atoms with E-state index in [0.717, 1.165) is 52.1 Å². The maximum atomic E-state index is 13.5. The lowest BCUT2D eigenvalue weighted by Crippen LogP contribution is -2.52. The highest BCUT2D eigenvalue weighted by Crippen LogP contribution is 2.37. The van der Waals surface area contributed by atoms with Crippen molar-refractivity contribution in [1.29, 1.82) is 0 Å². The van der Waals surface area contributed by atoms with Crippen LogP contribution in [0.5, 0.6) is 0 Å². The molecule has 200 valence electrons. The second-order valence-electron chi connectivity index (χ2n) is 10.4. The fourth-order valence-electron chi connectivity index (χ4n) is 5.64. The minimum absolute atomic E-state index is 0.135. The molecule has 3 heterocycles. The summed E-state index contributed by atoms with van der Waals surface area (Å²) in [6.45, 7) is 6.04. The molecule has 0 unspecified atom stereocenters. The molecular weight excluding hydrogens is 525 g/mol. The van der Waals surface area contributed by atoms with Gasteiger partial charge in [-0.3, -0.25) is 4.90 Å². The molecule has 8 nitrogen and oxygen atoms in total. The number of hydrogen-bond donors (Lipinski definition) is 1. The number of aliphatic hydroxyl groups is 1. The van der Waals surface area contributed by atoms with Gasteiger partial charge in [0, 0.05) is 37.6 Å². The Balaban J connectivity index is 1.36. The van der Waals surface area contributed by atoms with Crippen LogP contribution < -0.4 is 0 Å². The van der Waals surface area contributed by atoms with Gasteiger partial charge in [0.05, 0.1) is 34.7 Å². The lowest BCUT2D eigenvalue weighted by molar-refractivity contribution is 0.00596. The third-order valence-electron chi connectivity index (χ3n) is 7.74. The molecule has 0 spiro atoms. The summed E-state index contributed by atoms with van der Waals surface area (Å²) < 4.78 is 44.1. The van der Waals surface area contributed by atoms with Gasteiger partial charge in [-0.25, -0.2) is 22.5 Å². The highest BCUT2D eigenvalue weighted by atomic mass is 32.2. The van der Waals surface area contributed by atoms with E-state index in [1.54, 1.807) is 27.3 Å². The molecule has 2 aromatic carbocycles. The van der Waals surface area contributed by atoms with Crippen molar-refractivity contribution in [2.24, 2.45) is 5.92 Å². The predicted octanol–water partition coefficient (Wildman–Crippen LogP) is 4.06. The molecule has 0 radical (unpaired) electrons. The molecule has 2 fully saturated rings. The van der Waals surface area contributed by atoms with Crippen LogP contribution in [-0.4, -0.2) is 69.8 Å². The van der Waals surface area contributed by atoms with Crippen molar-refractivity contribution in [1.82, 2.24) is 24.0 Å². The molecule has 2 aliphatic rings. The molecule has 1 atom stereocenters. The number of piperazine rings is 1. The van der Waals surface area contributed by atoms with Crippen LogP contribution in [0.25, 0.3) is 16.6 Å². The minimum atomic E-state index is -3.65. The largest absolute Gasteiger partial charge is 0.393 e. The summed E-state index contributed by atoms with van der Waals surface area (Å²) in [5.41, 5.74) is 3.79. The number of sulfonamides is 1. The van der Waals surface area contributed by atoms with Crippen molar-refractivity contribution in [3.8, 4) is 5.69 Å². The standard InChI is InChI=1S/C27H30FN5O3S2/c1-17-9-25-20(13-30-33(25)22-5-3-21(28)4-6-22)12-24(17)26-16-32(38(35,36)27-14-29-18(2)37-27)8-7-31(26)15-19-10-23(34)11-19/h3-6,9,12-14,19,23,26,34H,7-8,10-11,15-16H2,1-2H3/t19?,23?,26-/m1/s1. The number of aromatic nitrogens is 3. The summed E-state index contributed by atoms with van der Waals surface area (Å²) in [6.07, 6.45) is 4.59. The van der Waals surface area contributed by atoms with Crippen molar-refractivity contribution in [2.45, 2.75) is 43.0 Å². The van der Waals surface area contributed by atoms with Gasteiger partial charge in [0.2, 0.25) is 0 Å². The Morgan fingerprint density at radius 3 is 2.55 bits per heavy atom. The maximum absolute atomic E-state index is 13.5. The van der Waals surface area contributed by atoms with Crippen LogP contribution in [0.1, 0.15) is 35.0 Å². The molecule has 1 aliphatic carbocycles. The van der Waals surface area contributed by atoms with Crippen LogP contribution in [-0.2, 0) is 10.0 Å². The predicted molar refractivity (Wildman–Crippen MR) is 144 cm³/mol. The molecule has 1 aliphatic heterocycles. The van der Waals surface area contributed by atoms with Crippen molar-refractivity contribution >= 4 is 32.3 Å². The van der Waals surface area contributed by atoms with Gasteiger partial charge in [0.1, 0.15) is 5.82 Å². The quantitative estimate of drug-likeness (QED) is 0.386. The Morgan fingerprint density at radius 1 is 1.11 bits per heavy atom. The van der Waals surface area contributed by atoms with Crippen molar-refractivity contribution in [3.63, 3.8) is 0 Å².